The van der Waals surface area contributed by atoms with Gasteiger partial charge in [-0.05, 0) is 34.1 Å². The van der Waals surface area contributed by atoms with Crippen LogP contribution < -0.4 is 4.90 Å². The Morgan fingerprint density at radius 3 is 2.33 bits per heavy atom. The molecular formula is C10H5BrClNO2. The van der Waals surface area contributed by atoms with Crippen molar-refractivity contribution in [1.82, 2.24) is 0 Å². The van der Waals surface area contributed by atoms with Crippen LogP contribution in [0, 0.1) is 0 Å². The van der Waals surface area contributed by atoms with Gasteiger partial charge in [-0.25, -0.2) is 4.90 Å². The van der Waals surface area contributed by atoms with E-state index in [0.29, 0.717) is 15.2 Å². The zero-order valence-corrected chi connectivity index (χ0v) is 9.75. The lowest BCUT2D eigenvalue weighted by molar-refractivity contribution is -0.119. The van der Waals surface area contributed by atoms with E-state index >= 15 is 0 Å². The number of carbonyl (C=O) groups is 2. The molecule has 0 spiro atoms. The third kappa shape index (κ3) is 1.82. The minimum Gasteiger partial charge on any atom is -0.269 e. The molecule has 0 unspecified atom stereocenters. The Morgan fingerprint density at radius 2 is 1.73 bits per heavy atom. The van der Waals surface area contributed by atoms with Crippen LogP contribution in [0.5, 0.6) is 0 Å². The molecule has 1 aliphatic heterocycles. The number of amides is 2. The van der Waals surface area contributed by atoms with Crippen LogP contribution in [0.4, 0.5) is 5.69 Å². The zero-order chi connectivity index (χ0) is 11.0. The number of rotatable bonds is 1. The summed E-state index contributed by atoms with van der Waals surface area (Å²) in [5.41, 5.74) is 0.461. The Kier molecular flexibility index (Phi) is 2.63. The van der Waals surface area contributed by atoms with E-state index in [4.69, 9.17) is 11.6 Å². The predicted molar refractivity (Wildman–Crippen MR) is 60.8 cm³/mol. The van der Waals surface area contributed by atoms with Gasteiger partial charge < -0.3 is 0 Å². The normalized spacial score (nSPS) is 15.2. The van der Waals surface area contributed by atoms with Gasteiger partial charge in [0.15, 0.2) is 0 Å². The standard InChI is InChI=1S/C10H5BrClNO2/c11-7-2-1-6(12)5-8(7)13-9(14)3-4-10(13)15/h1-5H. The molecule has 15 heavy (non-hydrogen) atoms. The van der Waals surface area contributed by atoms with Gasteiger partial charge in [-0.2, -0.15) is 0 Å². The van der Waals surface area contributed by atoms with Gasteiger partial charge in [0.25, 0.3) is 11.8 Å². The van der Waals surface area contributed by atoms with Gasteiger partial charge in [0.1, 0.15) is 0 Å². The van der Waals surface area contributed by atoms with Crippen molar-refractivity contribution in [2.75, 3.05) is 4.90 Å². The van der Waals surface area contributed by atoms with E-state index in [1.54, 1.807) is 18.2 Å². The molecule has 0 saturated heterocycles. The molecule has 0 radical (unpaired) electrons. The van der Waals surface area contributed by atoms with Crippen molar-refractivity contribution in [2.45, 2.75) is 0 Å². The molecule has 2 amide bonds. The second-order valence-corrected chi connectivity index (χ2v) is 4.23. The number of hydrogen-bond acceptors (Lipinski definition) is 2. The Balaban J connectivity index is 2.50. The van der Waals surface area contributed by atoms with Crippen LogP contribution in [0.2, 0.25) is 5.02 Å². The molecular weight excluding hydrogens is 281 g/mol. The Labute approximate surface area is 99.4 Å². The zero-order valence-electron chi connectivity index (χ0n) is 7.41. The topological polar surface area (TPSA) is 37.4 Å². The Morgan fingerprint density at radius 1 is 1.13 bits per heavy atom. The fourth-order valence-electron chi connectivity index (χ4n) is 1.29. The number of imide groups is 1. The van der Waals surface area contributed by atoms with E-state index in [-0.39, 0.29) is 11.8 Å². The fourth-order valence-corrected chi connectivity index (χ4v) is 1.89. The van der Waals surface area contributed by atoms with Gasteiger partial charge in [0.2, 0.25) is 0 Å². The average molecular weight is 287 g/mol. The summed E-state index contributed by atoms with van der Waals surface area (Å²) < 4.78 is 0.650. The lowest BCUT2D eigenvalue weighted by atomic mass is 10.3. The monoisotopic (exact) mass is 285 g/mol. The van der Waals surface area contributed by atoms with Gasteiger partial charge in [0.05, 0.1) is 5.69 Å². The van der Waals surface area contributed by atoms with Gasteiger partial charge in [0, 0.05) is 21.6 Å². The lowest BCUT2D eigenvalue weighted by Crippen LogP contribution is -2.29. The molecule has 0 aliphatic carbocycles. The number of anilines is 1. The van der Waals surface area contributed by atoms with Gasteiger partial charge in [-0.15, -0.1) is 0 Å². The maximum Gasteiger partial charge on any atom is 0.258 e. The minimum absolute atomic E-state index is 0.358. The van der Waals surface area contributed by atoms with Crippen molar-refractivity contribution in [3.63, 3.8) is 0 Å². The summed E-state index contributed by atoms with van der Waals surface area (Å²) in [4.78, 5) is 23.9. The summed E-state index contributed by atoms with van der Waals surface area (Å²) in [6.45, 7) is 0. The lowest BCUT2D eigenvalue weighted by Gasteiger charge is -2.15. The molecule has 76 valence electrons. The summed E-state index contributed by atoms with van der Waals surface area (Å²) in [7, 11) is 0. The van der Waals surface area contributed by atoms with Crippen LogP contribution in [0.25, 0.3) is 0 Å². The van der Waals surface area contributed by atoms with Gasteiger partial charge in [-0.3, -0.25) is 9.59 Å². The van der Waals surface area contributed by atoms with E-state index in [0.717, 1.165) is 4.90 Å². The highest BCUT2D eigenvalue weighted by molar-refractivity contribution is 9.10. The number of nitrogens with zero attached hydrogens (tertiary/aromatic N) is 1. The van der Waals surface area contributed by atoms with Crippen LogP contribution >= 0.6 is 27.5 Å². The molecule has 0 bridgehead atoms. The minimum atomic E-state index is -0.358. The first-order valence-electron chi connectivity index (χ1n) is 4.11. The van der Waals surface area contributed by atoms with Crippen molar-refractivity contribution in [2.24, 2.45) is 0 Å². The first-order chi connectivity index (χ1) is 7.09. The number of halogens is 2. The quantitative estimate of drug-likeness (QED) is 0.744. The maximum atomic E-state index is 11.4. The first kappa shape index (κ1) is 10.4. The number of carbonyl (C=O) groups excluding carboxylic acids is 2. The Bertz CT molecular complexity index is 466. The molecule has 1 aromatic rings. The molecule has 0 N–H and O–H groups in total. The van der Waals surface area contributed by atoms with Gasteiger partial charge >= 0.3 is 0 Å². The maximum absolute atomic E-state index is 11.4. The van der Waals surface area contributed by atoms with E-state index in [9.17, 15) is 9.59 Å². The highest BCUT2D eigenvalue weighted by Gasteiger charge is 2.26. The van der Waals surface area contributed by atoms with Crippen molar-refractivity contribution in [3.05, 3.63) is 39.8 Å². The summed E-state index contributed by atoms with van der Waals surface area (Å²) in [5.74, 6) is -0.717. The molecule has 3 nitrogen and oxygen atoms in total. The van der Waals surface area contributed by atoms with E-state index in [2.05, 4.69) is 15.9 Å². The third-order valence-electron chi connectivity index (χ3n) is 1.96. The van der Waals surface area contributed by atoms with Crippen LogP contribution in [0.3, 0.4) is 0 Å². The molecule has 1 heterocycles. The summed E-state index contributed by atoms with van der Waals surface area (Å²) in [6, 6.07) is 4.93. The smallest absolute Gasteiger partial charge is 0.258 e. The highest BCUT2D eigenvalue weighted by atomic mass is 79.9. The van der Waals surface area contributed by atoms with Crippen LogP contribution in [0.15, 0.2) is 34.8 Å². The van der Waals surface area contributed by atoms with E-state index < -0.39 is 0 Å². The molecule has 2 rings (SSSR count). The molecule has 0 aromatic heterocycles. The van der Waals surface area contributed by atoms with E-state index in [1.165, 1.54) is 12.2 Å². The molecule has 0 fully saturated rings. The van der Waals surface area contributed by atoms with Gasteiger partial charge in [-0.1, -0.05) is 11.6 Å². The summed E-state index contributed by atoms with van der Waals surface area (Å²) in [5, 5.41) is 0.473. The molecule has 0 atom stereocenters. The third-order valence-corrected chi connectivity index (χ3v) is 2.86. The Hall–Kier alpha value is -1.13. The second kappa shape index (κ2) is 3.79. The molecule has 1 aliphatic rings. The van der Waals surface area contributed by atoms with Crippen LogP contribution in [-0.2, 0) is 9.59 Å². The van der Waals surface area contributed by atoms with Crippen molar-refractivity contribution in [1.29, 1.82) is 0 Å². The molecule has 0 saturated carbocycles. The predicted octanol–water partition coefficient (Wildman–Crippen LogP) is 2.53. The molecule has 5 heteroatoms. The van der Waals surface area contributed by atoms with Crippen molar-refractivity contribution >= 4 is 45.0 Å². The first-order valence-corrected chi connectivity index (χ1v) is 5.28. The highest BCUT2D eigenvalue weighted by Crippen LogP contribution is 2.31. The van der Waals surface area contributed by atoms with Crippen molar-refractivity contribution in [3.8, 4) is 0 Å². The fraction of sp³-hybridized carbons (Fsp3) is 0. The van der Waals surface area contributed by atoms with Crippen LogP contribution in [0.1, 0.15) is 0 Å². The van der Waals surface area contributed by atoms with Crippen molar-refractivity contribution < 1.29 is 9.59 Å². The summed E-state index contributed by atoms with van der Waals surface area (Å²) in [6.07, 6.45) is 2.46. The number of benzene rings is 1. The largest absolute Gasteiger partial charge is 0.269 e. The molecule has 1 aromatic carbocycles. The van der Waals surface area contributed by atoms with Crippen LogP contribution in [-0.4, -0.2) is 11.8 Å². The van der Waals surface area contributed by atoms with E-state index in [1.807, 2.05) is 0 Å². The number of hydrogen-bond donors (Lipinski definition) is 0. The SMILES string of the molecule is O=C1C=CC(=O)N1c1cc(Cl)ccc1Br. The second-order valence-electron chi connectivity index (χ2n) is 2.94. The summed E-state index contributed by atoms with van der Waals surface area (Å²) >= 11 is 9.06. The average Bonchev–Trinajstić information content (AvgIpc) is 2.51.